The van der Waals surface area contributed by atoms with Gasteiger partial charge in [0.1, 0.15) is 0 Å². The van der Waals surface area contributed by atoms with Crippen molar-refractivity contribution in [2.24, 2.45) is 0 Å². The highest BCUT2D eigenvalue weighted by atomic mass is 35.5. The Morgan fingerprint density at radius 1 is 1.19 bits per heavy atom. The Balaban J connectivity index is 0.00000225. The summed E-state index contributed by atoms with van der Waals surface area (Å²) in [5, 5.41) is 5.10. The molecule has 0 saturated carbocycles. The van der Waals surface area contributed by atoms with Crippen LogP contribution in [0.3, 0.4) is 0 Å². The molecule has 1 aromatic heterocycles. The van der Waals surface area contributed by atoms with Crippen LogP contribution in [-0.4, -0.2) is 66.4 Å². The van der Waals surface area contributed by atoms with Gasteiger partial charge in [-0.1, -0.05) is 23.4 Å². The fourth-order valence-corrected chi connectivity index (χ4v) is 4.68. The lowest BCUT2D eigenvalue weighted by atomic mass is 10.2. The Morgan fingerprint density at radius 2 is 1.81 bits per heavy atom. The average Bonchev–Trinajstić information content (AvgIpc) is 2.85. The zero-order chi connectivity index (χ0) is 17.3. The van der Waals surface area contributed by atoms with Gasteiger partial charge in [-0.15, -0.1) is 37.2 Å². The van der Waals surface area contributed by atoms with E-state index in [0.717, 1.165) is 59.6 Å². The van der Waals surface area contributed by atoms with E-state index >= 15 is 0 Å². The molecule has 0 radical (unpaired) electrons. The van der Waals surface area contributed by atoms with Crippen molar-refractivity contribution in [1.29, 1.82) is 0 Å². The van der Waals surface area contributed by atoms with E-state index in [9.17, 15) is 0 Å². The summed E-state index contributed by atoms with van der Waals surface area (Å²) in [7, 11) is 4.20. The van der Waals surface area contributed by atoms with Crippen molar-refractivity contribution in [3.63, 3.8) is 0 Å². The number of nitrogens with zero attached hydrogens (tertiary/aromatic N) is 3. The average molecular weight is 477 g/mol. The number of anilines is 1. The van der Waals surface area contributed by atoms with E-state index < -0.39 is 0 Å². The molecule has 1 aliphatic rings. The SMILES string of the molecule is CN(C)CC(C)(C)Sc1nc2cc(Cl)c(N3CCNCC3)cc2[nH]1.Cl.Cl.Cl. The minimum atomic E-state index is 0. The zero-order valence-corrected chi connectivity index (χ0v) is 20.1. The van der Waals surface area contributed by atoms with E-state index in [0.29, 0.717) is 0 Å². The molecule has 1 aromatic carbocycles. The number of imidazole rings is 1. The standard InChI is InChI=1S/C17H26ClN5S.3ClH/c1-17(2,11-22(3)4)24-16-20-13-9-12(18)15(10-14(13)21-16)23-7-5-19-6-8-23;;;/h9-10,19H,5-8,11H2,1-4H3,(H,20,21);3*1H. The first-order chi connectivity index (χ1) is 11.3. The van der Waals surface area contributed by atoms with Gasteiger partial charge in [0.2, 0.25) is 0 Å². The van der Waals surface area contributed by atoms with E-state index in [1.54, 1.807) is 11.8 Å². The van der Waals surface area contributed by atoms with Crippen LogP contribution in [0.2, 0.25) is 5.02 Å². The highest BCUT2D eigenvalue weighted by Gasteiger charge is 2.23. The van der Waals surface area contributed by atoms with Crippen molar-refractivity contribution in [2.75, 3.05) is 51.7 Å². The van der Waals surface area contributed by atoms with Gasteiger partial charge in [0.25, 0.3) is 0 Å². The summed E-state index contributed by atoms with van der Waals surface area (Å²) >= 11 is 8.29. The fourth-order valence-electron chi connectivity index (χ4n) is 3.25. The number of nitrogens with one attached hydrogen (secondary N) is 2. The fraction of sp³-hybridized carbons (Fsp3) is 0.588. The lowest BCUT2D eigenvalue weighted by Crippen LogP contribution is -2.43. The second-order valence-corrected chi connectivity index (χ2v) is 9.30. The molecular weight excluding hydrogens is 448 g/mol. The normalized spacial score (nSPS) is 14.5. The highest BCUT2D eigenvalue weighted by molar-refractivity contribution is 8.00. The smallest absolute Gasteiger partial charge is 0.166 e. The molecule has 5 nitrogen and oxygen atoms in total. The minimum Gasteiger partial charge on any atom is -0.368 e. The first kappa shape index (κ1) is 26.9. The van der Waals surface area contributed by atoms with Gasteiger partial charge in [0.15, 0.2) is 5.16 Å². The van der Waals surface area contributed by atoms with Gasteiger partial charge in [-0.05, 0) is 40.1 Å². The van der Waals surface area contributed by atoms with Crippen molar-refractivity contribution in [1.82, 2.24) is 20.2 Å². The molecule has 156 valence electrons. The number of piperazine rings is 1. The summed E-state index contributed by atoms with van der Waals surface area (Å²) in [5.74, 6) is 0. The second kappa shape index (κ2) is 11.2. The topological polar surface area (TPSA) is 47.2 Å². The van der Waals surface area contributed by atoms with Crippen LogP contribution in [0.4, 0.5) is 5.69 Å². The molecule has 2 heterocycles. The summed E-state index contributed by atoms with van der Waals surface area (Å²) < 4.78 is 0.0859. The van der Waals surface area contributed by atoms with Crippen molar-refractivity contribution in [3.8, 4) is 0 Å². The molecule has 2 N–H and O–H groups in total. The lowest BCUT2D eigenvalue weighted by Gasteiger charge is -2.30. The monoisotopic (exact) mass is 475 g/mol. The molecule has 0 amide bonds. The summed E-state index contributed by atoms with van der Waals surface area (Å²) in [6.45, 7) is 9.43. The number of hydrogen-bond donors (Lipinski definition) is 2. The maximum atomic E-state index is 6.52. The van der Waals surface area contributed by atoms with Gasteiger partial charge in [-0.2, -0.15) is 0 Å². The van der Waals surface area contributed by atoms with Gasteiger partial charge in [-0.25, -0.2) is 4.98 Å². The molecule has 2 aromatic rings. The maximum absolute atomic E-state index is 6.52. The molecule has 0 atom stereocenters. The number of fused-ring (bicyclic) bond motifs is 1. The predicted octanol–water partition coefficient (Wildman–Crippen LogP) is 4.32. The number of rotatable bonds is 5. The summed E-state index contributed by atoms with van der Waals surface area (Å²) in [6.07, 6.45) is 0. The van der Waals surface area contributed by atoms with Crippen molar-refractivity contribution >= 4 is 77.3 Å². The summed E-state index contributed by atoms with van der Waals surface area (Å²) in [5.41, 5.74) is 3.08. The third-order valence-electron chi connectivity index (χ3n) is 4.06. The largest absolute Gasteiger partial charge is 0.368 e. The zero-order valence-electron chi connectivity index (χ0n) is 16.0. The van der Waals surface area contributed by atoms with Crippen LogP contribution in [0.1, 0.15) is 13.8 Å². The van der Waals surface area contributed by atoms with E-state index in [2.05, 4.69) is 54.1 Å². The number of benzene rings is 1. The number of thioether (sulfide) groups is 1. The van der Waals surface area contributed by atoms with Crippen LogP contribution in [0.5, 0.6) is 0 Å². The first-order valence-electron chi connectivity index (χ1n) is 8.33. The Bertz CT molecular complexity index is 717. The quantitative estimate of drug-likeness (QED) is 0.629. The summed E-state index contributed by atoms with van der Waals surface area (Å²) in [4.78, 5) is 12.7. The maximum Gasteiger partial charge on any atom is 0.166 e. The van der Waals surface area contributed by atoms with Gasteiger partial charge < -0.3 is 20.1 Å². The van der Waals surface area contributed by atoms with Crippen LogP contribution in [0.25, 0.3) is 11.0 Å². The molecule has 0 spiro atoms. The van der Waals surface area contributed by atoms with Crippen LogP contribution in [0, 0.1) is 0 Å². The molecule has 1 saturated heterocycles. The molecule has 3 rings (SSSR count). The number of aromatic amines is 1. The van der Waals surface area contributed by atoms with Crippen molar-refractivity contribution < 1.29 is 0 Å². The number of H-pyrrole nitrogens is 1. The predicted molar refractivity (Wildman–Crippen MR) is 126 cm³/mol. The van der Waals surface area contributed by atoms with Crippen LogP contribution in [0.15, 0.2) is 17.3 Å². The van der Waals surface area contributed by atoms with Crippen molar-refractivity contribution in [3.05, 3.63) is 17.2 Å². The number of hydrogen-bond acceptors (Lipinski definition) is 5. The number of halogens is 4. The third-order valence-corrected chi connectivity index (χ3v) is 5.43. The minimum absolute atomic E-state index is 0. The van der Waals surface area contributed by atoms with Crippen LogP contribution >= 0.6 is 60.6 Å². The van der Waals surface area contributed by atoms with Gasteiger partial charge in [-0.3, -0.25) is 0 Å². The summed E-state index contributed by atoms with van der Waals surface area (Å²) in [6, 6.07) is 4.12. The first-order valence-corrected chi connectivity index (χ1v) is 9.52. The Labute approximate surface area is 189 Å². The van der Waals surface area contributed by atoms with E-state index in [-0.39, 0.29) is 42.0 Å². The van der Waals surface area contributed by atoms with Crippen LogP contribution < -0.4 is 10.2 Å². The molecule has 10 heteroatoms. The molecule has 0 unspecified atom stereocenters. The Kier molecular flexibility index (Phi) is 11.2. The van der Waals surface area contributed by atoms with E-state index in [1.165, 1.54) is 0 Å². The highest BCUT2D eigenvalue weighted by Crippen LogP contribution is 2.35. The number of aromatic nitrogens is 2. The molecule has 1 aliphatic heterocycles. The van der Waals surface area contributed by atoms with Crippen LogP contribution in [-0.2, 0) is 0 Å². The Hall–Kier alpha value is -0.0800. The Morgan fingerprint density at radius 3 is 2.41 bits per heavy atom. The van der Waals surface area contributed by atoms with Gasteiger partial charge >= 0.3 is 0 Å². The third kappa shape index (κ3) is 7.03. The van der Waals surface area contributed by atoms with E-state index in [1.807, 2.05) is 6.07 Å². The molecule has 1 fully saturated rings. The van der Waals surface area contributed by atoms with Gasteiger partial charge in [0.05, 0.1) is 21.7 Å². The van der Waals surface area contributed by atoms with E-state index in [4.69, 9.17) is 16.6 Å². The van der Waals surface area contributed by atoms with Crippen molar-refractivity contribution in [2.45, 2.75) is 23.8 Å². The lowest BCUT2D eigenvalue weighted by molar-refractivity contribution is 0.373. The second-order valence-electron chi connectivity index (χ2n) is 7.20. The molecule has 27 heavy (non-hydrogen) atoms. The van der Waals surface area contributed by atoms with Gasteiger partial charge in [0, 0.05) is 37.5 Å². The molecule has 0 aliphatic carbocycles. The molecular formula is C17H29Cl4N5S. The molecule has 0 bridgehead atoms.